The summed E-state index contributed by atoms with van der Waals surface area (Å²) in [5.74, 6) is 0. The standard InChI is InChI=1S/2C29H22N2Si.2C26H22N2.C17H13N3/c1-20-29-31-27-21(11-10-18-25(27)24-16-8-9-17-26(24)28(31)30-20)19-32(29,22-12-4-2-5-13-22)23-14-6-3-7-15-23;1-20-26-19-32(21-11-4-2-5-12-21,22-13-6-3-7-14-22)27-18-10-17-24-23-15-8-9-16-25(23)29(30-20)31(26)28(24)27;1-15-6-4-7-16(2)24(15)19-10-12-21-22(14-19)20-9-5-8-18-11-13-23-17(3)27-26(21)28(23)25(18)20;1-15-7-6-8-16(2)24(15)19-13-18-11-12-23-17(3)27-26-21-10-5-4-9-20(21)22(14-19)25(18)28(23)26;1-10-15-7-6-14-16-12(8-9-18-14)11-4-2-3-5-13(11)17(19-10)20(15)16/h2*2-18H,19H2,1H3;4-10,12,14H,11,13H2,1-3H3;4-10,13-14H,11-12H2,1-3H3;2-5,8-9H,6-7H2,1H3. The highest BCUT2D eigenvalue weighted by molar-refractivity contribution is 7.12. The van der Waals surface area contributed by atoms with Crippen molar-refractivity contribution in [2.45, 2.75) is 113 Å². The molecule has 16 heterocycles. The van der Waals surface area contributed by atoms with Crippen LogP contribution in [0.1, 0.15) is 95.9 Å². The molecule has 26 aromatic rings. The van der Waals surface area contributed by atoms with Crippen LogP contribution in [-0.2, 0) is 50.6 Å². The van der Waals surface area contributed by atoms with Crippen LogP contribution < -0.4 is 31.3 Å². The van der Waals surface area contributed by atoms with Gasteiger partial charge in [0.1, 0.15) is 28.2 Å². The van der Waals surface area contributed by atoms with E-state index in [-0.39, 0.29) is 0 Å². The first-order chi connectivity index (χ1) is 68.7. The van der Waals surface area contributed by atoms with Crippen molar-refractivity contribution in [2.75, 3.05) is 0 Å². The van der Waals surface area contributed by atoms with Crippen molar-refractivity contribution in [3.05, 3.63) is 448 Å². The average Bonchev–Trinajstić information content (AvgIpc) is 1.46. The number of para-hydroxylation sites is 3. The number of rotatable bonds is 6. The number of aryl methyl sites for hydroxylation is 15. The van der Waals surface area contributed by atoms with Gasteiger partial charge in [0.05, 0.1) is 61.7 Å². The van der Waals surface area contributed by atoms with Crippen LogP contribution >= 0.6 is 0 Å². The summed E-state index contributed by atoms with van der Waals surface area (Å²) in [7, 11) is -4.64. The fourth-order valence-corrected chi connectivity index (χ4v) is 36.1. The molecule has 0 fully saturated rings. The summed E-state index contributed by atoms with van der Waals surface area (Å²) in [4.78, 5) is 29.8. The Morgan fingerprint density at radius 3 is 1.09 bits per heavy atom. The average molecular weight is 1840 g/mol. The second-order valence-electron chi connectivity index (χ2n) is 39.5. The monoisotopic (exact) mass is 1840 g/mol. The minimum absolute atomic E-state index is 1.01. The third kappa shape index (κ3) is 12.2. The summed E-state index contributed by atoms with van der Waals surface area (Å²) in [5, 5.41) is 28.0. The topological polar surface area (TPSA) is 99.4 Å². The van der Waals surface area contributed by atoms with E-state index in [2.05, 4.69) is 435 Å². The van der Waals surface area contributed by atoms with Crippen molar-refractivity contribution in [3.8, 4) is 22.3 Å². The van der Waals surface area contributed by atoms with Gasteiger partial charge in [-0.2, -0.15) is 0 Å². The SMILES string of the molecule is Cc1cccc(C)c1-c1cc2c3c(c1)c1ccccc1c1nc(C)c(n13)CC2.Cc1cccc(C)c1-c1ccc2c(c1)c1cccc3c1n1c(c(C)nc21)CC3.Cc1nc2c3ccccc3c3cccc4c3n2c1C[Si]4(c1ccccc1)c1ccccc1.Cc1nc2c3ccccc3c3cccc4c3n2c1[Si](c1ccccc1)(c1ccccc1)C4.Cc1nc2c3ccccc3c3ccnc4c3n2c1CC4. The van der Waals surface area contributed by atoms with Crippen LogP contribution in [0.4, 0.5) is 0 Å². The molecule has 15 aromatic carbocycles. The maximum Gasteiger partial charge on any atom is 0.176 e. The summed E-state index contributed by atoms with van der Waals surface area (Å²) in [5.41, 5.74) is 39.6. The predicted molar refractivity (Wildman–Crippen MR) is 587 cm³/mol. The van der Waals surface area contributed by atoms with Gasteiger partial charge in [-0.25, -0.2) is 24.9 Å². The van der Waals surface area contributed by atoms with E-state index >= 15 is 0 Å². The van der Waals surface area contributed by atoms with E-state index in [1.165, 1.54) is 241 Å². The van der Waals surface area contributed by atoms with Gasteiger partial charge < -0.3 is 0 Å². The highest BCUT2D eigenvalue weighted by Gasteiger charge is 2.48. The van der Waals surface area contributed by atoms with Gasteiger partial charge in [0, 0.05) is 88.2 Å². The third-order valence-corrected chi connectivity index (χ3v) is 41.7. The Kier molecular flexibility index (Phi) is 19.1. The van der Waals surface area contributed by atoms with Crippen LogP contribution in [0.5, 0.6) is 0 Å². The number of hydrogen-bond acceptors (Lipinski definition) is 6. The largest absolute Gasteiger partial charge is 0.299 e. The molecule has 13 heteroatoms. The molecule has 5 aliphatic heterocycles. The number of nitrogens with zero attached hydrogens (tertiary/aromatic N) is 11. The molecule has 5 aliphatic rings. The normalized spacial score (nSPS) is 13.9. The molecule has 0 saturated heterocycles. The molecule has 0 N–H and O–H groups in total. The predicted octanol–water partition coefficient (Wildman–Crippen LogP) is 25.1. The van der Waals surface area contributed by atoms with Crippen molar-refractivity contribution in [1.29, 1.82) is 0 Å². The highest BCUT2D eigenvalue weighted by Crippen LogP contribution is 2.46. The van der Waals surface area contributed by atoms with Crippen LogP contribution in [-0.4, -0.2) is 68.1 Å². The van der Waals surface area contributed by atoms with Crippen molar-refractivity contribution >= 4 is 184 Å². The zero-order valence-electron chi connectivity index (χ0n) is 80.1. The molecule has 0 aliphatic carbocycles. The molecule has 11 nitrogen and oxygen atoms in total. The van der Waals surface area contributed by atoms with E-state index in [9.17, 15) is 0 Å². The molecule has 140 heavy (non-hydrogen) atoms. The van der Waals surface area contributed by atoms with E-state index in [0.717, 1.165) is 95.9 Å². The quantitative estimate of drug-likeness (QED) is 0.121. The van der Waals surface area contributed by atoms with Crippen LogP contribution in [0, 0.1) is 62.3 Å². The van der Waals surface area contributed by atoms with Crippen molar-refractivity contribution in [3.63, 3.8) is 0 Å². The van der Waals surface area contributed by atoms with Crippen molar-refractivity contribution < 1.29 is 0 Å². The Bertz CT molecular complexity index is 9650. The van der Waals surface area contributed by atoms with E-state index in [0.29, 0.717) is 0 Å². The molecule has 0 amide bonds. The third-order valence-electron chi connectivity index (χ3n) is 31.9. The fourth-order valence-electron chi connectivity index (χ4n) is 25.9. The number of imidazole rings is 5. The maximum absolute atomic E-state index is 5.24. The molecule has 0 saturated carbocycles. The first kappa shape index (κ1) is 83.3. The lowest BCUT2D eigenvalue weighted by Gasteiger charge is -2.38. The second-order valence-corrected chi connectivity index (χ2v) is 47.2. The van der Waals surface area contributed by atoms with Gasteiger partial charge in [-0.1, -0.05) is 315 Å². The lowest BCUT2D eigenvalue weighted by Crippen LogP contribution is -2.71. The van der Waals surface area contributed by atoms with Gasteiger partial charge in [-0.3, -0.25) is 27.0 Å². The first-order valence-electron chi connectivity index (χ1n) is 49.5. The fraction of sp³-hybridized carbons (Fsp3) is 0.134. The molecule has 11 aromatic heterocycles. The molecular weight excluding hydrogens is 1740 g/mol. The van der Waals surface area contributed by atoms with Crippen LogP contribution in [0.3, 0.4) is 0 Å². The first-order valence-corrected chi connectivity index (χ1v) is 54.0. The summed E-state index contributed by atoms with van der Waals surface area (Å²) in [6, 6.07) is 129. The minimum Gasteiger partial charge on any atom is -0.299 e. The van der Waals surface area contributed by atoms with Crippen molar-refractivity contribution in [1.82, 2.24) is 51.9 Å². The lowest BCUT2D eigenvalue weighted by molar-refractivity contribution is 0.837. The highest BCUT2D eigenvalue weighted by atomic mass is 28.3. The van der Waals surface area contributed by atoms with E-state index in [1.807, 2.05) is 6.20 Å². The van der Waals surface area contributed by atoms with E-state index in [4.69, 9.17) is 24.9 Å². The van der Waals surface area contributed by atoms with Gasteiger partial charge in [0.25, 0.3) is 0 Å². The summed E-state index contributed by atoms with van der Waals surface area (Å²) in [6.45, 7) is 19.7. The summed E-state index contributed by atoms with van der Waals surface area (Å²) in [6.07, 6.45) is 8.29. The smallest absolute Gasteiger partial charge is 0.176 e. The lowest BCUT2D eigenvalue weighted by atomic mass is 9.89. The Morgan fingerprint density at radius 1 is 0.221 bits per heavy atom. The van der Waals surface area contributed by atoms with Gasteiger partial charge in [0.2, 0.25) is 0 Å². The minimum atomic E-state index is -2.34. The van der Waals surface area contributed by atoms with E-state index in [1.54, 1.807) is 0 Å². The van der Waals surface area contributed by atoms with E-state index < -0.39 is 16.1 Å². The number of benzene rings is 15. The van der Waals surface area contributed by atoms with Crippen LogP contribution in [0.25, 0.3) is 159 Å². The van der Waals surface area contributed by atoms with Gasteiger partial charge >= 0.3 is 0 Å². The second kappa shape index (κ2) is 32.0. The Labute approximate surface area is 813 Å². The Balaban J connectivity index is 0.0000000885. The summed E-state index contributed by atoms with van der Waals surface area (Å²) < 4.78 is 12.2. The Hall–Kier alpha value is -16.1. The molecule has 0 spiro atoms. The Morgan fingerprint density at radius 2 is 0.571 bits per heavy atom. The number of hydrogen-bond donors (Lipinski definition) is 0. The summed E-state index contributed by atoms with van der Waals surface area (Å²) >= 11 is 0. The number of pyridine rings is 6. The van der Waals surface area contributed by atoms with Crippen molar-refractivity contribution in [2.24, 2.45) is 0 Å². The van der Waals surface area contributed by atoms with Gasteiger partial charge in [-0.15, -0.1) is 0 Å². The van der Waals surface area contributed by atoms with Gasteiger partial charge in [-0.05, 0) is 257 Å². The van der Waals surface area contributed by atoms with Crippen LogP contribution in [0.15, 0.2) is 352 Å². The molecule has 0 radical (unpaired) electrons. The molecule has 31 rings (SSSR count). The molecule has 672 valence electrons. The number of fused-ring (bicyclic) bond motifs is 15. The molecular formula is C127H101N11Si2. The molecule has 0 unspecified atom stereocenters. The molecule has 0 atom stereocenters. The zero-order chi connectivity index (χ0) is 93.8. The maximum atomic E-state index is 5.24. The molecule has 0 bridgehead atoms. The number of aromatic nitrogens is 11. The van der Waals surface area contributed by atoms with Crippen LogP contribution in [0.2, 0.25) is 0 Å². The van der Waals surface area contributed by atoms with Gasteiger partial charge in [0.15, 0.2) is 16.1 Å². The zero-order valence-corrected chi connectivity index (χ0v) is 82.1.